The first-order valence-electron chi connectivity index (χ1n) is 8.70. The number of rotatable bonds is 7. The fraction of sp³-hybridized carbons (Fsp3) is 0.368. The summed E-state index contributed by atoms with van der Waals surface area (Å²) in [6, 6.07) is 5.53. The van der Waals surface area contributed by atoms with Crippen molar-refractivity contribution in [2.24, 2.45) is 0 Å². The number of carbonyl (C=O) groups is 2. The molecule has 28 heavy (non-hydrogen) atoms. The van der Waals surface area contributed by atoms with E-state index in [1.165, 1.54) is 32.2 Å². The minimum absolute atomic E-state index is 0.132. The predicted octanol–water partition coefficient (Wildman–Crippen LogP) is 3.23. The fourth-order valence-corrected chi connectivity index (χ4v) is 2.90. The largest absolute Gasteiger partial charge is 0.494 e. The highest BCUT2D eigenvalue weighted by atomic mass is 16.6. The molecule has 0 spiro atoms. The van der Waals surface area contributed by atoms with Crippen molar-refractivity contribution < 1.29 is 24.0 Å². The van der Waals surface area contributed by atoms with E-state index in [1.54, 1.807) is 6.07 Å². The molecule has 0 saturated carbocycles. The molecule has 0 fully saturated rings. The molecular formula is C19H23N3O6. The average molecular weight is 389 g/mol. The van der Waals surface area contributed by atoms with Gasteiger partial charge in [-0.3, -0.25) is 14.9 Å². The van der Waals surface area contributed by atoms with Crippen LogP contribution in [-0.2, 0) is 16.1 Å². The van der Waals surface area contributed by atoms with Crippen LogP contribution in [0.5, 0.6) is 5.75 Å². The summed E-state index contributed by atoms with van der Waals surface area (Å²) in [5.41, 5.74) is 2.19. The number of benzene rings is 1. The molecule has 0 aliphatic heterocycles. The molecule has 0 bridgehead atoms. The van der Waals surface area contributed by atoms with E-state index >= 15 is 0 Å². The molecule has 0 aliphatic carbocycles. The number of ether oxygens (including phenoxy) is 2. The van der Waals surface area contributed by atoms with Gasteiger partial charge in [0, 0.05) is 24.0 Å². The van der Waals surface area contributed by atoms with E-state index in [2.05, 4.69) is 5.32 Å². The first-order chi connectivity index (χ1) is 13.2. The maximum Gasteiger partial charge on any atom is 0.340 e. The zero-order valence-electron chi connectivity index (χ0n) is 16.4. The fourth-order valence-electron chi connectivity index (χ4n) is 2.90. The van der Waals surface area contributed by atoms with Gasteiger partial charge in [0.25, 0.3) is 11.6 Å². The van der Waals surface area contributed by atoms with Crippen LogP contribution in [0, 0.1) is 24.0 Å². The molecule has 1 aromatic heterocycles. The van der Waals surface area contributed by atoms with Crippen LogP contribution in [0.1, 0.15) is 35.6 Å². The minimum Gasteiger partial charge on any atom is -0.494 e. The monoisotopic (exact) mass is 389 g/mol. The summed E-state index contributed by atoms with van der Waals surface area (Å²) in [5, 5.41) is 13.4. The van der Waals surface area contributed by atoms with E-state index in [-0.39, 0.29) is 17.1 Å². The molecule has 1 aromatic carbocycles. The van der Waals surface area contributed by atoms with Gasteiger partial charge in [0.15, 0.2) is 6.10 Å². The number of hydrogen-bond acceptors (Lipinski definition) is 6. The molecule has 9 nitrogen and oxygen atoms in total. The third-order valence-electron chi connectivity index (χ3n) is 4.42. The van der Waals surface area contributed by atoms with Gasteiger partial charge in [-0.15, -0.1) is 0 Å². The van der Waals surface area contributed by atoms with E-state index in [1.807, 2.05) is 25.3 Å². The third-order valence-corrected chi connectivity index (χ3v) is 4.42. The third kappa shape index (κ3) is 4.30. The summed E-state index contributed by atoms with van der Waals surface area (Å²) in [7, 11) is 1.33. The van der Waals surface area contributed by atoms with Gasteiger partial charge < -0.3 is 19.4 Å². The second kappa shape index (κ2) is 8.55. The van der Waals surface area contributed by atoms with Crippen molar-refractivity contribution in [3.8, 4) is 5.75 Å². The number of anilines is 1. The Balaban J connectivity index is 2.11. The summed E-state index contributed by atoms with van der Waals surface area (Å²) in [4.78, 5) is 35.1. The maximum absolute atomic E-state index is 12.4. The summed E-state index contributed by atoms with van der Waals surface area (Å²) in [6.07, 6.45) is -1.07. The van der Waals surface area contributed by atoms with Crippen molar-refractivity contribution in [1.29, 1.82) is 0 Å². The van der Waals surface area contributed by atoms with Gasteiger partial charge in [-0.25, -0.2) is 4.79 Å². The molecule has 1 amide bonds. The van der Waals surface area contributed by atoms with Gasteiger partial charge in [0.2, 0.25) is 0 Å². The van der Waals surface area contributed by atoms with E-state index in [0.717, 1.165) is 17.9 Å². The highest BCUT2D eigenvalue weighted by Crippen LogP contribution is 2.29. The van der Waals surface area contributed by atoms with Crippen LogP contribution in [0.15, 0.2) is 24.3 Å². The Morgan fingerprint density at radius 1 is 1.29 bits per heavy atom. The number of aromatic nitrogens is 1. The molecule has 1 heterocycles. The number of nitrogens with zero attached hydrogens (tertiary/aromatic N) is 2. The Morgan fingerprint density at radius 2 is 1.96 bits per heavy atom. The molecule has 0 saturated heterocycles. The number of methoxy groups -OCH3 is 1. The van der Waals surface area contributed by atoms with Gasteiger partial charge >= 0.3 is 5.97 Å². The summed E-state index contributed by atoms with van der Waals surface area (Å²) < 4.78 is 12.3. The van der Waals surface area contributed by atoms with Crippen molar-refractivity contribution in [2.45, 2.75) is 40.3 Å². The van der Waals surface area contributed by atoms with Crippen LogP contribution in [0.4, 0.5) is 11.4 Å². The number of nitrogens with one attached hydrogen (secondary N) is 1. The molecule has 0 unspecified atom stereocenters. The number of nitro benzene ring substituents is 1. The number of aryl methyl sites for hydroxylation is 1. The molecule has 9 heteroatoms. The van der Waals surface area contributed by atoms with Crippen LogP contribution < -0.4 is 10.1 Å². The molecule has 150 valence electrons. The van der Waals surface area contributed by atoms with Crippen molar-refractivity contribution in [3.63, 3.8) is 0 Å². The van der Waals surface area contributed by atoms with Gasteiger partial charge in [0.1, 0.15) is 5.75 Å². The lowest BCUT2D eigenvalue weighted by Crippen LogP contribution is -2.30. The van der Waals surface area contributed by atoms with Crippen LogP contribution in [-0.4, -0.2) is 34.6 Å². The lowest BCUT2D eigenvalue weighted by Gasteiger charge is -2.15. The predicted molar refractivity (Wildman–Crippen MR) is 103 cm³/mol. The summed E-state index contributed by atoms with van der Waals surface area (Å²) in [6.45, 7) is 7.86. The van der Waals surface area contributed by atoms with Crippen molar-refractivity contribution >= 4 is 23.3 Å². The Hall–Kier alpha value is -3.36. The zero-order valence-corrected chi connectivity index (χ0v) is 16.4. The highest BCUT2D eigenvalue weighted by molar-refractivity contribution is 5.98. The zero-order chi connectivity index (χ0) is 21.0. The lowest BCUT2D eigenvalue weighted by molar-refractivity contribution is -0.384. The van der Waals surface area contributed by atoms with Gasteiger partial charge in [0.05, 0.1) is 29.4 Å². The van der Waals surface area contributed by atoms with Crippen molar-refractivity contribution in [1.82, 2.24) is 4.57 Å². The number of carbonyl (C=O) groups excluding carboxylic acids is 2. The maximum atomic E-state index is 12.4. The second-order valence-electron chi connectivity index (χ2n) is 6.21. The molecular weight excluding hydrogens is 366 g/mol. The molecule has 1 N–H and O–H groups in total. The molecule has 2 rings (SSSR count). The molecule has 1 atom stereocenters. The Bertz CT molecular complexity index is 919. The number of non-ortho nitro benzene ring substituents is 1. The number of hydrogen-bond donors (Lipinski definition) is 1. The lowest BCUT2D eigenvalue weighted by atomic mass is 10.2. The number of esters is 1. The Labute approximate surface area is 162 Å². The van der Waals surface area contributed by atoms with Gasteiger partial charge in [-0.1, -0.05) is 0 Å². The average Bonchev–Trinajstić information content (AvgIpc) is 2.95. The van der Waals surface area contributed by atoms with Crippen molar-refractivity contribution in [3.05, 3.63) is 51.3 Å². The highest BCUT2D eigenvalue weighted by Gasteiger charge is 2.23. The van der Waals surface area contributed by atoms with E-state index in [0.29, 0.717) is 5.56 Å². The van der Waals surface area contributed by atoms with Crippen LogP contribution in [0.25, 0.3) is 0 Å². The second-order valence-corrected chi connectivity index (χ2v) is 6.21. The van der Waals surface area contributed by atoms with Gasteiger partial charge in [-0.2, -0.15) is 0 Å². The van der Waals surface area contributed by atoms with Crippen molar-refractivity contribution in [2.75, 3.05) is 12.4 Å². The van der Waals surface area contributed by atoms with E-state index < -0.39 is 22.9 Å². The Morgan fingerprint density at radius 3 is 2.50 bits per heavy atom. The normalized spacial score (nSPS) is 11.6. The van der Waals surface area contributed by atoms with Crippen LogP contribution >= 0.6 is 0 Å². The SMILES string of the molecule is CCn1c(C)cc(C(=O)O[C@H](C)C(=O)Nc2ccc([N+](=O)[O-])cc2OC)c1C. The van der Waals surface area contributed by atoms with Crippen LogP contribution in [0.2, 0.25) is 0 Å². The Kier molecular flexibility index (Phi) is 6.40. The molecule has 0 radical (unpaired) electrons. The minimum atomic E-state index is -1.07. The number of nitro groups is 1. The summed E-state index contributed by atoms with van der Waals surface area (Å²) in [5.74, 6) is -1.04. The van der Waals surface area contributed by atoms with E-state index in [4.69, 9.17) is 9.47 Å². The molecule has 2 aromatic rings. The quantitative estimate of drug-likeness (QED) is 0.442. The first-order valence-corrected chi connectivity index (χ1v) is 8.70. The van der Waals surface area contributed by atoms with Gasteiger partial charge in [-0.05, 0) is 39.8 Å². The standard InChI is InChI=1S/C19H23N3O6/c1-6-21-11(2)9-15(12(21)3)19(24)28-13(4)18(23)20-16-8-7-14(22(25)26)10-17(16)27-5/h7-10,13H,6H2,1-5H3,(H,20,23)/t13-/m1/s1. The smallest absolute Gasteiger partial charge is 0.340 e. The molecule has 0 aliphatic rings. The number of amides is 1. The van der Waals surface area contributed by atoms with E-state index in [9.17, 15) is 19.7 Å². The van der Waals surface area contributed by atoms with Crippen LogP contribution in [0.3, 0.4) is 0 Å². The topological polar surface area (TPSA) is 113 Å². The first kappa shape index (κ1) is 20.9. The summed E-state index contributed by atoms with van der Waals surface area (Å²) >= 11 is 0.